The van der Waals surface area contributed by atoms with Crippen LogP contribution in [0.15, 0.2) is 115 Å². The molecule has 0 aromatic heterocycles. The van der Waals surface area contributed by atoms with Crippen LogP contribution < -0.4 is 0 Å². The zero-order chi connectivity index (χ0) is 21.8. The highest BCUT2D eigenvalue weighted by Gasteiger charge is 1.89. The van der Waals surface area contributed by atoms with Gasteiger partial charge in [-0.05, 0) is 12.8 Å². The maximum atomic E-state index is 5.23. The third-order valence-electron chi connectivity index (χ3n) is 4.25. The topological polar surface area (TPSA) is 0 Å². The molecular formula is C30H41. The van der Waals surface area contributed by atoms with E-state index in [4.69, 9.17) is 6.58 Å². The van der Waals surface area contributed by atoms with Crippen LogP contribution in [0.3, 0.4) is 0 Å². The van der Waals surface area contributed by atoms with Crippen molar-refractivity contribution in [2.75, 3.05) is 0 Å². The smallest absolute Gasteiger partial charge is 0.0348 e. The molecule has 0 amide bonds. The number of rotatable bonds is 18. The monoisotopic (exact) mass is 401 g/mol. The second-order valence-electron chi connectivity index (χ2n) is 6.96. The van der Waals surface area contributed by atoms with Crippen LogP contribution >= 0.6 is 0 Å². The number of unbranched alkanes of at least 4 members (excludes halogenated alkanes) is 8. The lowest BCUT2D eigenvalue weighted by molar-refractivity contribution is 0.577. The zero-order valence-corrected chi connectivity index (χ0v) is 18.9. The first-order chi connectivity index (χ1) is 14.9. The molecule has 1 radical (unpaired) electrons. The van der Waals surface area contributed by atoms with Crippen LogP contribution in [-0.2, 0) is 0 Å². The van der Waals surface area contributed by atoms with Gasteiger partial charge in [0.2, 0.25) is 0 Å². The summed E-state index contributed by atoms with van der Waals surface area (Å²) >= 11 is 0. The SMILES string of the molecule is [CH]=C/C=C/C=C/C=C/C=C/C=C/C=C/C=C/C=C/C=C/CCCCCCCCCC. The molecule has 0 aliphatic heterocycles. The summed E-state index contributed by atoms with van der Waals surface area (Å²) in [5.41, 5.74) is 0. The molecule has 0 rings (SSSR count). The van der Waals surface area contributed by atoms with E-state index in [1.165, 1.54) is 63.9 Å². The van der Waals surface area contributed by atoms with Crippen LogP contribution in [0, 0.1) is 6.58 Å². The fraction of sp³-hybridized carbons (Fsp3) is 0.333. The van der Waals surface area contributed by atoms with E-state index in [-0.39, 0.29) is 0 Å². The van der Waals surface area contributed by atoms with Crippen molar-refractivity contribution in [2.45, 2.75) is 64.7 Å². The van der Waals surface area contributed by atoms with E-state index in [9.17, 15) is 0 Å². The number of hydrogen-bond donors (Lipinski definition) is 0. The Labute approximate surface area is 186 Å². The Hall–Kier alpha value is -2.60. The second kappa shape index (κ2) is 26.4. The van der Waals surface area contributed by atoms with Crippen molar-refractivity contribution in [1.82, 2.24) is 0 Å². The molecule has 0 fully saturated rings. The first-order valence-electron chi connectivity index (χ1n) is 11.4. The fourth-order valence-electron chi connectivity index (χ4n) is 2.60. The van der Waals surface area contributed by atoms with Crippen molar-refractivity contribution in [3.05, 3.63) is 122 Å². The summed E-state index contributed by atoms with van der Waals surface area (Å²) in [5.74, 6) is 0. The van der Waals surface area contributed by atoms with E-state index in [0.717, 1.165) is 0 Å². The predicted octanol–water partition coefficient (Wildman–Crippen LogP) is 9.51. The maximum absolute atomic E-state index is 5.23. The van der Waals surface area contributed by atoms with E-state index < -0.39 is 0 Å². The molecular weight excluding hydrogens is 360 g/mol. The summed E-state index contributed by atoms with van der Waals surface area (Å²) in [6.45, 7) is 7.50. The molecule has 0 unspecified atom stereocenters. The molecule has 0 aromatic carbocycles. The number of allylic oxidation sites excluding steroid dienone is 19. The van der Waals surface area contributed by atoms with Gasteiger partial charge in [-0.15, -0.1) is 0 Å². The molecule has 0 aromatic rings. The minimum Gasteiger partial charge on any atom is -0.0845 e. The minimum absolute atomic E-state index is 1.19. The Kier molecular flexibility index (Phi) is 24.1. The van der Waals surface area contributed by atoms with E-state index in [1.54, 1.807) is 6.08 Å². The maximum Gasteiger partial charge on any atom is -0.0348 e. The van der Waals surface area contributed by atoms with Gasteiger partial charge in [0.25, 0.3) is 0 Å². The van der Waals surface area contributed by atoms with Gasteiger partial charge in [-0.2, -0.15) is 0 Å². The molecule has 30 heavy (non-hydrogen) atoms. The normalized spacial score (nSPS) is 13.6. The van der Waals surface area contributed by atoms with Crippen LogP contribution in [0.2, 0.25) is 0 Å². The van der Waals surface area contributed by atoms with Gasteiger partial charge in [0.05, 0.1) is 0 Å². The van der Waals surface area contributed by atoms with Crippen molar-refractivity contribution in [1.29, 1.82) is 0 Å². The Morgan fingerprint density at radius 3 is 1.13 bits per heavy atom. The molecule has 0 saturated carbocycles. The Balaban J connectivity index is 3.67. The largest absolute Gasteiger partial charge is 0.0845 e. The summed E-state index contributed by atoms with van der Waals surface area (Å²) in [4.78, 5) is 0. The van der Waals surface area contributed by atoms with Crippen molar-refractivity contribution in [3.8, 4) is 0 Å². The van der Waals surface area contributed by atoms with Crippen LogP contribution in [0.1, 0.15) is 64.7 Å². The molecule has 161 valence electrons. The average Bonchev–Trinajstić information content (AvgIpc) is 2.76. The molecule has 0 saturated heterocycles. The lowest BCUT2D eigenvalue weighted by atomic mass is 10.1. The molecule has 0 bridgehead atoms. The summed E-state index contributed by atoms with van der Waals surface area (Å²) in [7, 11) is 0. The lowest BCUT2D eigenvalue weighted by Crippen LogP contribution is -1.79. The summed E-state index contributed by atoms with van der Waals surface area (Å²) in [5, 5.41) is 0. The quantitative estimate of drug-likeness (QED) is 0.158. The van der Waals surface area contributed by atoms with Gasteiger partial charge in [-0.3, -0.25) is 0 Å². The lowest BCUT2D eigenvalue weighted by Gasteiger charge is -1.99. The van der Waals surface area contributed by atoms with Crippen molar-refractivity contribution in [2.24, 2.45) is 0 Å². The van der Waals surface area contributed by atoms with Crippen LogP contribution in [0.4, 0.5) is 0 Å². The van der Waals surface area contributed by atoms with E-state index in [1.807, 2.05) is 79.0 Å². The summed E-state index contributed by atoms with van der Waals surface area (Å²) in [6, 6.07) is 0. The highest BCUT2D eigenvalue weighted by molar-refractivity contribution is 5.22. The van der Waals surface area contributed by atoms with Crippen LogP contribution in [0.5, 0.6) is 0 Å². The molecule has 0 N–H and O–H groups in total. The molecule has 0 aliphatic carbocycles. The Morgan fingerprint density at radius 2 is 0.733 bits per heavy atom. The first-order valence-corrected chi connectivity index (χ1v) is 11.4. The number of hydrogen-bond acceptors (Lipinski definition) is 0. The standard InChI is InChI=1S/C30H41/c1-3-5-7-9-11-13-15-17-19-21-23-25-27-29-30-28-26-24-22-20-18-16-14-12-10-8-6-4-2/h1,3,5,7,9,11,13,15,17,19,21-30H,4,6,8,10,12,14,16,18,20H2,2H3/b3-1?,7-5+,11-9+,15-13+,19-17+,23-21+,24-22+,27-25+,28-26+,30-29+. The van der Waals surface area contributed by atoms with Crippen molar-refractivity contribution >= 4 is 0 Å². The van der Waals surface area contributed by atoms with Gasteiger partial charge < -0.3 is 0 Å². The zero-order valence-electron chi connectivity index (χ0n) is 18.9. The molecule has 0 heteroatoms. The van der Waals surface area contributed by atoms with E-state index in [0.29, 0.717) is 0 Å². The minimum atomic E-state index is 1.19. The fourth-order valence-corrected chi connectivity index (χ4v) is 2.60. The van der Waals surface area contributed by atoms with Gasteiger partial charge in [0, 0.05) is 0 Å². The average molecular weight is 402 g/mol. The van der Waals surface area contributed by atoms with E-state index in [2.05, 4.69) is 31.2 Å². The van der Waals surface area contributed by atoms with Crippen LogP contribution in [-0.4, -0.2) is 0 Å². The van der Waals surface area contributed by atoms with E-state index >= 15 is 0 Å². The Bertz CT molecular complexity index is 627. The van der Waals surface area contributed by atoms with Gasteiger partial charge in [0.1, 0.15) is 0 Å². The third kappa shape index (κ3) is 25.4. The first kappa shape index (κ1) is 27.4. The Morgan fingerprint density at radius 1 is 0.400 bits per heavy atom. The highest BCUT2D eigenvalue weighted by Crippen LogP contribution is 2.09. The summed E-state index contributed by atoms with van der Waals surface area (Å²) < 4.78 is 0. The predicted molar refractivity (Wildman–Crippen MR) is 138 cm³/mol. The molecule has 0 spiro atoms. The van der Waals surface area contributed by atoms with Gasteiger partial charge in [-0.1, -0.05) is 174 Å². The molecule has 0 atom stereocenters. The van der Waals surface area contributed by atoms with Crippen molar-refractivity contribution < 1.29 is 0 Å². The highest BCUT2D eigenvalue weighted by atomic mass is 14.0. The second-order valence-corrected chi connectivity index (χ2v) is 6.96. The van der Waals surface area contributed by atoms with Crippen molar-refractivity contribution in [3.63, 3.8) is 0 Å². The molecule has 0 aliphatic rings. The van der Waals surface area contributed by atoms with Gasteiger partial charge >= 0.3 is 0 Å². The summed E-state index contributed by atoms with van der Waals surface area (Å²) in [6.07, 6.45) is 50.0. The third-order valence-corrected chi connectivity index (χ3v) is 4.25. The van der Waals surface area contributed by atoms with Crippen LogP contribution in [0.25, 0.3) is 0 Å². The van der Waals surface area contributed by atoms with Gasteiger partial charge in [-0.25, -0.2) is 0 Å². The molecule has 0 nitrogen and oxygen atoms in total. The van der Waals surface area contributed by atoms with Gasteiger partial charge in [0.15, 0.2) is 0 Å². The molecule has 0 heterocycles.